The van der Waals surface area contributed by atoms with Gasteiger partial charge in [-0.1, -0.05) is 46.3 Å². The van der Waals surface area contributed by atoms with Crippen LogP contribution in [0.25, 0.3) is 0 Å². The Kier molecular flexibility index (Phi) is 4.99. The summed E-state index contributed by atoms with van der Waals surface area (Å²) in [6, 6.07) is 13.7. The second kappa shape index (κ2) is 6.86. The Morgan fingerprint density at radius 1 is 1.17 bits per heavy atom. The van der Waals surface area contributed by atoms with Gasteiger partial charge in [-0.2, -0.15) is 13.2 Å². The molecule has 128 valence electrons. The fourth-order valence-corrected chi connectivity index (χ4v) is 3.29. The van der Waals surface area contributed by atoms with E-state index in [1.165, 1.54) is 12.1 Å². The molecule has 2 aromatic rings. The topological polar surface area (TPSA) is 12.5 Å². The predicted octanol–water partition coefficient (Wildman–Crippen LogP) is 5.39. The van der Waals surface area contributed by atoms with Gasteiger partial charge >= 0.3 is 6.18 Å². The van der Waals surface area contributed by atoms with Crippen LogP contribution in [-0.2, 0) is 17.5 Å². The van der Waals surface area contributed by atoms with Crippen molar-refractivity contribution >= 4 is 15.9 Å². The van der Waals surface area contributed by atoms with Crippen LogP contribution in [0.5, 0.6) is 0 Å². The smallest absolute Gasteiger partial charge is 0.357 e. The van der Waals surface area contributed by atoms with Gasteiger partial charge in [0.1, 0.15) is 6.73 Å². The van der Waals surface area contributed by atoms with Crippen molar-refractivity contribution in [3.8, 4) is 0 Å². The third kappa shape index (κ3) is 3.66. The first-order valence-electron chi connectivity index (χ1n) is 7.62. The van der Waals surface area contributed by atoms with Crippen molar-refractivity contribution in [3.63, 3.8) is 0 Å². The maximum absolute atomic E-state index is 12.9. The van der Waals surface area contributed by atoms with Gasteiger partial charge in [-0.15, -0.1) is 0 Å². The summed E-state index contributed by atoms with van der Waals surface area (Å²) >= 11 is 3.35. The molecule has 0 aromatic heterocycles. The number of benzene rings is 2. The largest absolute Gasteiger partial charge is 0.416 e. The van der Waals surface area contributed by atoms with Crippen LogP contribution in [0.3, 0.4) is 0 Å². The highest BCUT2D eigenvalue weighted by Gasteiger charge is 2.34. The lowest BCUT2D eigenvalue weighted by Gasteiger charge is -2.23. The Morgan fingerprint density at radius 3 is 2.54 bits per heavy atom. The second-order valence-corrected chi connectivity index (χ2v) is 6.77. The van der Waals surface area contributed by atoms with Crippen LogP contribution >= 0.6 is 15.9 Å². The predicted molar refractivity (Wildman–Crippen MR) is 89.3 cm³/mol. The number of ether oxygens (including phenoxy) is 1. The van der Waals surface area contributed by atoms with Crippen molar-refractivity contribution in [1.82, 2.24) is 4.90 Å². The number of halogens is 4. The maximum Gasteiger partial charge on any atom is 0.416 e. The fourth-order valence-electron chi connectivity index (χ4n) is 2.92. The van der Waals surface area contributed by atoms with E-state index >= 15 is 0 Å². The SMILES string of the molecule is CC1C(c2ccccc2)OCN1Cc1cc(C(F)(F)F)ccc1Br. The van der Waals surface area contributed by atoms with Crippen molar-refractivity contribution in [2.75, 3.05) is 6.73 Å². The van der Waals surface area contributed by atoms with Crippen LogP contribution in [0, 0.1) is 0 Å². The van der Waals surface area contributed by atoms with Gasteiger partial charge in [-0.3, -0.25) is 4.90 Å². The van der Waals surface area contributed by atoms with Gasteiger partial charge in [0.25, 0.3) is 0 Å². The molecule has 0 bridgehead atoms. The van der Waals surface area contributed by atoms with Crippen LogP contribution in [0.4, 0.5) is 13.2 Å². The third-order valence-electron chi connectivity index (χ3n) is 4.31. The molecule has 1 saturated heterocycles. The summed E-state index contributed by atoms with van der Waals surface area (Å²) in [4.78, 5) is 2.04. The molecule has 2 atom stereocenters. The fraction of sp³-hybridized carbons (Fsp3) is 0.333. The summed E-state index contributed by atoms with van der Waals surface area (Å²) in [7, 11) is 0. The van der Waals surface area contributed by atoms with Gasteiger partial charge in [0.05, 0.1) is 11.7 Å². The van der Waals surface area contributed by atoms with Crippen molar-refractivity contribution in [1.29, 1.82) is 0 Å². The molecule has 0 spiro atoms. The van der Waals surface area contributed by atoms with Gasteiger partial charge in [-0.25, -0.2) is 0 Å². The number of hydrogen-bond acceptors (Lipinski definition) is 2. The normalized spacial score (nSPS) is 22.0. The lowest BCUT2D eigenvalue weighted by atomic mass is 10.0. The molecular weight excluding hydrogens is 383 g/mol. The molecule has 0 saturated carbocycles. The van der Waals surface area contributed by atoms with Crippen LogP contribution in [0.1, 0.15) is 29.7 Å². The molecule has 2 aromatic carbocycles. The van der Waals surface area contributed by atoms with Crippen molar-refractivity contribution < 1.29 is 17.9 Å². The molecule has 2 nitrogen and oxygen atoms in total. The third-order valence-corrected chi connectivity index (χ3v) is 5.08. The zero-order valence-electron chi connectivity index (χ0n) is 13.1. The van der Waals surface area contributed by atoms with Crippen molar-refractivity contribution in [2.24, 2.45) is 0 Å². The van der Waals surface area contributed by atoms with E-state index in [2.05, 4.69) is 15.9 Å². The highest BCUT2D eigenvalue weighted by atomic mass is 79.9. The number of alkyl halides is 3. The van der Waals surface area contributed by atoms with Gasteiger partial charge in [0.15, 0.2) is 0 Å². The van der Waals surface area contributed by atoms with Gasteiger partial charge in [-0.05, 0) is 36.2 Å². The Labute approximate surface area is 147 Å². The lowest BCUT2D eigenvalue weighted by molar-refractivity contribution is -0.137. The van der Waals surface area contributed by atoms with E-state index in [-0.39, 0.29) is 12.1 Å². The highest BCUT2D eigenvalue weighted by Crippen LogP contribution is 2.35. The first kappa shape index (κ1) is 17.5. The van der Waals surface area contributed by atoms with E-state index in [0.29, 0.717) is 23.3 Å². The molecule has 0 aliphatic carbocycles. The van der Waals surface area contributed by atoms with E-state index in [4.69, 9.17) is 4.74 Å². The quantitative estimate of drug-likeness (QED) is 0.685. The van der Waals surface area contributed by atoms with Crippen LogP contribution in [0.15, 0.2) is 53.0 Å². The summed E-state index contributed by atoms with van der Waals surface area (Å²) in [5.74, 6) is 0. The molecule has 0 amide bonds. The average molecular weight is 400 g/mol. The Bertz CT molecular complexity index is 705. The van der Waals surface area contributed by atoms with Crippen molar-refractivity contribution in [3.05, 3.63) is 69.7 Å². The van der Waals surface area contributed by atoms with E-state index in [1.807, 2.05) is 42.2 Å². The van der Waals surface area contributed by atoms with E-state index in [9.17, 15) is 13.2 Å². The molecule has 0 radical (unpaired) electrons. The minimum Gasteiger partial charge on any atom is -0.357 e. The first-order chi connectivity index (χ1) is 11.4. The first-order valence-corrected chi connectivity index (χ1v) is 8.42. The summed E-state index contributed by atoms with van der Waals surface area (Å²) in [5.41, 5.74) is 1.05. The zero-order valence-corrected chi connectivity index (χ0v) is 14.6. The van der Waals surface area contributed by atoms with Gasteiger partial charge in [0, 0.05) is 17.1 Å². The zero-order chi connectivity index (χ0) is 17.3. The second-order valence-electron chi connectivity index (χ2n) is 5.92. The lowest BCUT2D eigenvalue weighted by Crippen LogP contribution is -2.29. The molecule has 0 N–H and O–H groups in total. The number of rotatable bonds is 3. The summed E-state index contributed by atoms with van der Waals surface area (Å²) < 4.78 is 45.3. The molecule has 1 aliphatic rings. The Balaban J connectivity index is 1.78. The molecule has 1 fully saturated rings. The van der Waals surface area contributed by atoms with Gasteiger partial charge in [0.2, 0.25) is 0 Å². The molecular formula is C18H17BrF3NO. The van der Waals surface area contributed by atoms with Crippen LogP contribution < -0.4 is 0 Å². The van der Waals surface area contributed by atoms with E-state index in [1.54, 1.807) is 0 Å². The average Bonchev–Trinajstić information content (AvgIpc) is 2.90. The monoisotopic (exact) mass is 399 g/mol. The van der Waals surface area contributed by atoms with Crippen molar-refractivity contribution in [2.45, 2.75) is 31.8 Å². The molecule has 3 rings (SSSR count). The molecule has 24 heavy (non-hydrogen) atoms. The van der Waals surface area contributed by atoms with E-state index in [0.717, 1.165) is 11.6 Å². The Hall–Kier alpha value is -1.37. The minimum absolute atomic E-state index is 0.0734. The number of nitrogens with zero attached hydrogens (tertiary/aromatic N) is 1. The maximum atomic E-state index is 12.9. The van der Waals surface area contributed by atoms with Crippen LogP contribution in [-0.4, -0.2) is 17.7 Å². The van der Waals surface area contributed by atoms with Crippen LogP contribution in [0.2, 0.25) is 0 Å². The minimum atomic E-state index is -4.34. The molecule has 1 heterocycles. The molecule has 2 unspecified atom stereocenters. The standard InChI is InChI=1S/C18H17BrF3NO/c1-12-17(13-5-3-2-4-6-13)24-11-23(12)10-14-9-15(18(20,21)22)7-8-16(14)19/h2-9,12,17H,10-11H2,1H3. The molecule has 6 heteroatoms. The highest BCUT2D eigenvalue weighted by molar-refractivity contribution is 9.10. The molecule has 1 aliphatic heterocycles. The van der Waals surface area contributed by atoms with E-state index < -0.39 is 11.7 Å². The summed E-state index contributed by atoms with van der Waals surface area (Å²) in [6.07, 6.45) is -4.41. The number of hydrogen-bond donors (Lipinski definition) is 0. The van der Waals surface area contributed by atoms with Gasteiger partial charge < -0.3 is 4.74 Å². The Morgan fingerprint density at radius 2 is 1.88 bits per heavy atom. The summed E-state index contributed by atoms with van der Waals surface area (Å²) in [5, 5.41) is 0. The summed E-state index contributed by atoms with van der Waals surface area (Å²) in [6.45, 7) is 2.82.